The molecule has 0 saturated heterocycles. The zero-order valence-electron chi connectivity index (χ0n) is 10.4. The Bertz CT molecular complexity index is 279. The van der Waals surface area contributed by atoms with Crippen molar-refractivity contribution in [3.63, 3.8) is 0 Å². The number of ether oxygens (including phenoxy) is 2. The molecule has 16 heavy (non-hydrogen) atoms. The van der Waals surface area contributed by atoms with Gasteiger partial charge in [-0.05, 0) is 25.7 Å². The van der Waals surface area contributed by atoms with Gasteiger partial charge in [-0.2, -0.15) is 0 Å². The maximum absolute atomic E-state index is 5.59. The minimum atomic E-state index is -0.450. The van der Waals surface area contributed by atoms with Gasteiger partial charge in [0, 0.05) is 6.92 Å². The van der Waals surface area contributed by atoms with E-state index in [4.69, 9.17) is 9.47 Å². The van der Waals surface area contributed by atoms with Crippen LogP contribution in [-0.4, -0.2) is 5.79 Å². The van der Waals surface area contributed by atoms with Crippen LogP contribution in [0.3, 0.4) is 0 Å². The summed E-state index contributed by atoms with van der Waals surface area (Å²) in [6, 6.07) is 0. The molecule has 1 saturated carbocycles. The van der Waals surface area contributed by atoms with Crippen LogP contribution in [0.25, 0.3) is 0 Å². The van der Waals surface area contributed by atoms with Crippen molar-refractivity contribution >= 4 is 0 Å². The first-order valence-corrected chi connectivity index (χ1v) is 6.41. The van der Waals surface area contributed by atoms with Gasteiger partial charge in [0.1, 0.15) is 12.5 Å². The molecule has 1 aliphatic heterocycles. The molecule has 0 aromatic rings. The van der Waals surface area contributed by atoms with Crippen molar-refractivity contribution < 1.29 is 9.47 Å². The third-order valence-corrected chi connectivity index (χ3v) is 3.75. The molecule has 1 heterocycles. The van der Waals surface area contributed by atoms with Gasteiger partial charge in [0.05, 0.1) is 5.41 Å². The van der Waals surface area contributed by atoms with E-state index in [1.165, 1.54) is 38.5 Å². The van der Waals surface area contributed by atoms with Crippen LogP contribution in [0.2, 0.25) is 0 Å². The Kier molecular flexibility index (Phi) is 3.27. The Labute approximate surface area is 98.3 Å². The summed E-state index contributed by atoms with van der Waals surface area (Å²) >= 11 is 0. The lowest BCUT2D eigenvalue weighted by Crippen LogP contribution is -2.36. The first-order valence-electron chi connectivity index (χ1n) is 6.41. The number of rotatable bonds is 6. The molecule has 0 spiro atoms. The summed E-state index contributed by atoms with van der Waals surface area (Å²) in [5, 5.41) is 0. The molecule has 2 rings (SSSR count). The van der Waals surface area contributed by atoms with E-state index in [-0.39, 0.29) is 5.41 Å². The topological polar surface area (TPSA) is 18.5 Å². The second-order valence-electron chi connectivity index (χ2n) is 5.01. The molecular formula is C14H22O2. The maximum Gasteiger partial charge on any atom is 0.255 e. The quantitative estimate of drug-likeness (QED) is 0.497. The average molecular weight is 222 g/mol. The lowest BCUT2D eigenvalue weighted by atomic mass is 9.95. The minimum Gasteiger partial charge on any atom is -0.456 e. The van der Waals surface area contributed by atoms with Crippen molar-refractivity contribution in [1.29, 1.82) is 0 Å². The average Bonchev–Trinajstić information content (AvgIpc) is 2.95. The highest BCUT2D eigenvalue weighted by molar-refractivity contribution is 5.17. The third-order valence-electron chi connectivity index (χ3n) is 3.75. The Morgan fingerprint density at radius 1 is 1.19 bits per heavy atom. The summed E-state index contributed by atoms with van der Waals surface area (Å²) < 4.78 is 11.2. The molecule has 2 nitrogen and oxygen atoms in total. The van der Waals surface area contributed by atoms with E-state index < -0.39 is 5.79 Å². The summed E-state index contributed by atoms with van der Waals surface area (Å²) in [5.41, 5.74) is 0.128. The Morgan fingerprint density at radius 2 is 1.88 bits per heavy atom. The summed E-state index contributed by atoms with van der Waals surface area (Å²) in [5.74, 6) is -0.450. The fourth-order valence-corrected chi connectivity index (χ4v) is 2.31. The zero-order chi connectivity index (χ0) is 11.5. The molecule has 2 aliphatic rings. The van der Waals surface area contributed by atoms with Gasteiger partial charge in [-0.15, -0.1) is 0 Å². The van der Waals surface area contributed by atoms with Crippen LogP contribution in [0.1, 0.15) is 52.4 Å². The smallest absolute Gasteiger partial charge is 0.255 e. The van der Waals surface area contributed by atoms with E-state index in [1.54, 1.807) is 12.5 Å². The van der Waals surface area contributed by atoms with Gasteiger partial charge in [0.15, 0.2) is 0 Å². The van der Waals surface area contributed by atoms with Crippen LogP contribution in [0.5, 0.6) is 0 Å². The molecule has 0 amide bonds. The van der Waals surface area contributed by atoms with Crippen LogP contribution in [-0.2, 0) is 9.47 Å². The van der Waals surface area contributed by atoms with Gasteiger partial charge in [-0.25, -0.2) is 0 Å². The predicted molar refractivity (Wildman–Crippen MR) is 64.7 cm³/mol. The molecule has 0 atom stereocenters. The lowest BCUT2D eigenvalue weighted by molar-refractivity contribution is -0.164. The number of unbranched alkanes of at least 4 members (excludes halogenated alkanes) is 3. The summed E-state index contributed by atoms with van der Waals surface area (Å²) in [6.45, 7) is 4.27. The first kappa shape index (κ1) is 11.6. The van der Waals surface area contributed by atoms with Crippen molar-refractivity contribution in [1.82, 2.24) is 0 Å². The van der Waals surface area contributed by atoms with Gasteiger partial charge in [0.25, 0.3) is 5.79 Å². The van der Waals surface area contributed by atoms with Crippen molar-refractivity contribution in [2.45, 2.75) is 58.2 Å². The molecule has 0 unspecified atom stereocenters. The molecule has 2 heteroatoms. The summed E-state index contributed by atoms with van der Waals surface area (Å²) in [6.07, 6.45) is 15.4. The van der Waals surface area contributed by atoms with E-state index in [0.29, 0.717) is 0 Å². The van der Waals surface area contributed by atoms with Crippen LogP contribution in [0.15, 0.2) is 24.7 Å². The van der Waals surface area contributed by atoms with E-state index in [2.05, 4.69) is 19.1 Å². The zero-order valence-corrected chi connectivity index (χ0v) is 10.4. The number of allylic oxidation sites excluding steroid dienone is 1. The standard InChI is InChI=1S/C14H22O2/c1-3-4-5-6-7-8-14(9-10-14)13(2)15-11-12-16-13/h7-8,11-12H,3-6,9-10H2,1-2H3. The third kappa shape index (κ3) is 2.11. The maximum atomic E-state index is 5.59. The van der Waals surface area contributed by atoms with Crippen molar-refractivity contribution in [3.05, 3.63) is 24.7 Å². The van der Waals surface area contributed by atoms with E-state index in [9.17, 15) is 0 Å². The minimum absolute atomic E-state index is 0.128. The molecule has 0 aromatic carbocycles. The Hall–Kier alpha value is -0.920. The molecule has 0 radical (unpaired) electrons. The van der Waals surface area contributed by atoms with Crippen molar-refractivity contribution in [2.24, 2.45) is 5.41 Å². The van der Waals surface area contributed by atoms with Gasteiger partial charge < -0.3 is 9.47 Å². The van der Waals surface area contributed by atoms with Gasteiger partial charge in [-0.3, -0.25) is 0 Å². The van der Waals surface area contributed by atoms with Gasteiger partial charge >= 0.3 is 0 Å². The fraction of sp³-hybridized carbons (Fsp3) is 0.714. The summed E-state index contributed by atoms with van der Waals surface area (Å²) in [7, 11) is 0. The van der Waals surface area contributed by atoms with Crippen LogP contribution >= 0.6 is 0 Å². The lowest BCUT2D eigenvalue weighted by Gasteiger charge is -2.30. The SMILES string of the molecule is CCCCCC=CC1(C2(C)OC=CO2)CC1. The highest BCUT2D eigenvalue weighted by Gasteiger charge is 2.59. The monoisotopic (exact) mass is 222 g/mol. The molecule has 0 bridgehead atoms. The van der Waals surface area contributed by atoms with Crippen LogP contribution in [0, 0.1) is 5.41 Å². The predicted octanol–water partition coefficient (Wildman–Crippen LogP) is 4.14. The molecule has 0 N–H and O–H groups in total. The molecule has 90 valence electrons. The fourth-order valence-electron chi connectivity index (χ4n) is 2.31. The molecule has 1 fully saturated rings. The Balaban J connectivity index is 1.84. The second kappa shape index (κ2) is 4.52. The normalized spacial score (nSPS) is 24.4. The molecule has 1 aliphatic carbocycles. The number of hydrogen-bond acceptors (Lipinski definition) is 2. The van der Waals surface area contributed by atoms with Crippen molar-refractivity contribution in [2.75, 3.05) is 0 Å². The molecule has 0 aromatic heterocycles. The van der Waals surface area contributed by atoms with Crippen molar-refractivity contribution in [3.8, 4) is 0 Å². The van der Waals surface area contributed by atoms with E-state index >= 15 is 0 Å². The van der Waals surface area contributed by atoms with E-state index in [0.717, 1.165) is 0 Å². The van der Waals surface area contributed by atoms with Gasteiger partial charge in [0.2, 0.25) is 0 Å². The summed E-state index contributed by atoms with van der Waals surface area (Å²) in [4.78, 5) is 0. The van der Waals surface area contributed by atoms with Crippen LogP contribution < -0.4 is 0 Å². The molecular weight excluding hydrogens is 200 g/mol. The second-order valence-corrected chi connectivity index (χ2v) is 5.01. The van der Waals surface area contributed by atoms with Gasteiger partial charge in [-0.1, -0.05) is 31.9 Å². The number of hydrogen-bond donors (Lipinski definition) is 0. The first-order chi connectivity index (χ1) is 7.72. The Morgan fingerprint density at radius 3 is 2.44 bits per heavy atom. The van der Waals surface area contributed by atoms with E-state index in [1.807, 2.05) is 6.92 Å². The van der Waals surface area contributed by atoms with Crippen LogP contribution in [0.4, 0.5) is 0 Å². The largest absolute Gasteiger partial charge is 0.456 e. The highest BCUT2D eigenvalue weighted by atomic mass is 16.7. The highest BCUT2D eigenvalue weighted by Crippen LogP contribution is 2.58.